The summed E-state index contributed by atoms with van der Waals surface area (Å²) >= 11 is 0. The lowest BCUT2D eigenvalue weighted by atomic mass is 10.2. The molecule has 14 heavy (non-hydrogen) atoms. The lowest BCUT2D eigenvalue weighted by molar-refractivity contribution is 0.520. The molecule has 0 unspecified atom stereocenters. The molecule has 0 atom stereocenters. The highest BCUT2D eigenvalue weighted by molar-refractivity contribution is 4.55. The molecule has 0 bridgehead atoms. The van der Waals surface area contributed by atoms with E-state index in [9.17, 15) is 0 Å². The van der Waals surface area contributed by atoms with E-state index in [2.05, 4.69) is 12.2 Å². The molecule has 3 heteroatoms. The van der Waals surface area contributed by atoms with E-state index in [0.717, 1.165) is 6.42 Å². The summed E-state index contributed by atoms with van der Waals surface area (Å²) in [5, 5.41) is 3.28. The molecule has 3 nitrogen and oxygen atoms in total. The van der Waals surface area contributed by atoms with Crippen molar-refractivity contribution in [2.45, 2.75) is 58.0 Å². The number of hydrogen-bond donors (Lipinski definition) is 3. The Morgan fingerprint density at radius 2 is 1.71 bits per heavy atom. The minimum absolute atomic E-state index is 0.0958. The van der Waals surface area contributed by atoms with Crippen molar-refractivity contribution < 1.29 is 0 Å². The molecule has 1 aliphatic heterocycles. The van der Waals surface area contributed by atoms with Gasteiger partial charge in [0.2, 0.25) is 0 Å². The molecular formula is C11H27N3. The van der Waals surface area contributed by atoms with Crippen LogP contribution in [0.3, 0.4) is 0 Å². The molecule has 1 aliphatic rings. The molecule has 1 heterocycles. The number of nitrogens with one attached hydrogen (secondary N) is 1. The van der Waals surface area contributed by atoms with Crippen molar-refractivity contribution in [3.8, 4) is 0 Å². The van der Waals surface area contributed by atoms with Crippen LogP contribution in [0.15, 0.2) is 0 Å². The van der Waals surface area contributed by atoms with Crippen molar-refractivity contribution in [3.05, 3.63) is 0 Å². The van der Waals surface area contributed by atoms with E-state index in [1.165, 1.54) is 51.6 Å². The number of piperidine rings is 1. The van der Waals surface area contributed by atoms with Crippen molar-refractivity contribution in [1.82, 2.24) is 5.32 Å². The van der Waals surface area contributed by atoms with Crippen LogP contribution in [0, 0.1) is 0 Å². The van der Waals surface area contributed by atoms with Crippen molar-refractivity contribution in [2.75, 3.05) is 13.1 Å². The van der Waals surface area contributed by atoms with Gasteiger partial charge >= 0.3 is 0 Å². The molecule has 0 aliphatic carbocycles. The summed E-state index contributed by atoms with van der Waals surface area (Å²) in [6.45, 7) is 4.67. The third-order valence-electron chi connectivity index (χ3n) is 2.35. The van der Waals surface area contributed by atoms with E-state index in [1.807, 2.05) is 0 Å². The predicted octanol–water partition coefficient (Wildman–Crippen LogP) is 1.57. The Morgan fingerprint density at radius 1 is 1.07 bits per heavy atom. The van der Waals surface area contributed by atoms with Crippen molar-refractivity contribution in [2.24, 2.45) is 11.5 Å². The van der Waals surface area contributed by atoms with Crippen LogP contribution in [0.4, 0.5) is 0 Å². The maximum Gasteiger partial charge on any atom is 0.0520 e. The van der Waals surface area contributed by atoms with Gasteiger partial charge in [0, 0.05) is 0 Å². The molecule has 0 saturated carbocycles. The van der Waals surface area contributed by atoms with Gasteiger partial charge in [0.15, 0.2) is 0 Å². The molecule has 1 saturated heterocycles. The highest BCUT2D eigenvalue weighted by Crippen LogP contribution is 1.97. The predicted molar refractivity (Wildman–Crippen MR) is 63.0 cm³/mol. The molecule has 0 amide bonds. The van der Waals surface area contributed by atoms with Crippen LogP contribution in [0.1, 0.15) is 51.9 Å². The molecule has 1 fully saturated rings. The first-order chi connectivity index (χ1) is 6.77. The summed E-state index contributed by atoms with van der Waals surface area (Å²) in [6, 6.07) is 0. The average Bonchev–Trinajstić information content (AvgIpc) is 2.21. The topological polar surface area (TPSA) is 64.1 Å². The second kappa shape index (κ2) is 11.0. The highest BCUT2D eigenvalue weighted by atomic mass is 14.9. The van der Waals surface area contributed by atoms with Gasteiger partial charge < -0.3 is 16.8 Å². The maximum absolute atomic E-state index is 5.31. The van der Waals surface area contributed by atoms with Gasteiger partial charge in [-0.1, -0.05) is 32.6 Å². The van der Waals surface area contributed by atoms with Gasteiger partial charge in [-0.2, -0.15) is 0 Å². The van der Waals surface area contributed by atoms with E-state index in [0.29, 0.717) is 0 Å². The summed E-state index contributed by atoms with van der Waals surface area (Å²) < 4.78 is 0. The Hall–Kier alpha value is -0.120. The van der Waals surface area contributed by atoms with E-state index in [1.54, 1.807) is 0 Å². The van der Waals surface area contributed by atoms with Crippen LogP contribution in [0.5, 0.6) is 0 Å². The molecule has 1 rings (SSSR count). The smallest absolute Gasteiger partial charge is 0.0520 e. The highest BCUT2D eigenvalue weighted by Gasteiger charge is 1.93. The summed E-state index contributed by atoms with van der Waals surface area (Å²) in [5.74, 6) is 0. The zero-order valence-corrected chi connectivity index (χ0v) is 9.60. The summed E-state index contributed by atoms with van der Waals surface area (Å²) in [7, 11) is 0. The van der Waals surface area contributed by atoms with Gasteiger partial charge in [-0.05, 0) is 32.4 Å². The van der Waals surface area contributed by atoms with Gasteiger partial charge in [0.05, 0.1) is 6.17 Å². The van der Waals surface area contributed by atoms with Gasteiger partial charge in [-0.25, -0.2) is 0 Å². The zero-order chi connectivity index (χ0) is 10.6. The molecule has 5 N–H and O–H groups in total. The van der Waals surface area contributed by atoms with Crippen LogP contribution < -0.4 is 16.8 Å². The van der Waals surface area contributed by atoms with Gasteiger partial charge in [0.1, 0.15) is 0 Å². The largest absolute Gasteiger partial charge is 0.317 e. The number of unbranched alkanes of at least 4 members (excludes halogenated alkanes) is 2. The molecule has 0 aromatic heterocycles. The fourth-order valence-electron chi connectivity index (χ4n) is 1.43. The quantitative estimate of drug-likeness (QED) is 0.478. The van der Waals surface area contributed by atoms with Gasteiger partial charge in [-0.3, -0.25) is 0 Å². The first-order valence-corrected chi connectivity index (χ1v) is 5.99. The number of rotatable bonds is 4. The van der Waals surface area contributed by atoms with Crippen LogP contribution in [-0.4, -0.2) is 19.3 Å². The Bertz CT molecular complexity index is 89.2. The summed E-state index contributed by atoms with van der Waals surface area (Å²) in [4.78, 5) is 0. The average molecular weight is 201 g/mol. The van der Waals surface area contributed by atoms with E-state index in [4.69, 9.17) is 11.5 Å². The molecule has 86 valence electrons. The van der Waals surface area contributed by atoms with Gasteiger partial charge in [0.25, 0.3) is 0 Å². The minimum Gasteiger partial charge on any atom is -0.317 e. The van der Waals surface area contributed by atoms with Crippen LogP contribution in [-0.2, 0) is 0 Å². The normalized spacial score (nSPS) is 16.3. The first-order valence-electron chi connectivity index (χ1n) is 5.99. The van der Waals surface area contributed by atoms with Crippen LogP contribution >= 0.6 is 0 Å². The Labute approximate surface area is 88.6 Å². The number of hydrogen-bond acceptors (Lipinski definition) is 3. The Kier molecular flexibility index (Phi) is 10.9. The lowest BCUT2D eigenvalue weighted by Gasteiger charge is -2.08. The summed E-state index contributed by atoms with van der Waals surface area (Å²) in [5.41, 5.74) is 10.6. The monoisotopic (exact) mass is 201 g/mol. The van der Waals surface area contributed by atoms with Crippen molar-refractivity contribution in [1.29, 1.82) is 0 Å². The van der Waals surface area contributed by atoms with Crippen molar-refractivity contribution >= 4 is 0 Å². The number of nitrogens with two attached hydrogens (primary N) is 2. The molecule has 0 radical (unpaired) electrons. The fraction of sp³-hybridized carbons (Fsp3) is 1.00. The molecule has 0 spiro atoms. The van der Waals surface area contributed by atoms with Gasteiger partial charge in [-0.15, -0.1) is 0 Å². The van der Waals surface area contributed by atoms with Crippen LogP contribution in [0.2, 0.25) is 0 Å². The second-order valence-electron chi connectivity index (χ2n) is 3.97. The first kappa shape index (κ1) is 13.9. The standard InChI is InChI=1S/C6H16N2.C5H11N/c1-2-3-4-5-6(7)8;1-2-4-6-5-3-1/h6H,2-5,7-8H2,1H3;6H,1-5H2. The maximum atomic E-state index is 5.31. The SMILES string of the molecule is C1CCNCC1.CCCCCC(N)N. The Balaban J connectivity index is 0.000000249. The molecular weight excluding hydrogens is 174 g/mol. The van der Waals surface area contributed by atoms with E-state index in [-0.39, 0.29) is 6.17 Å². The lowest BCUT2D eigenvalue weighted by Crippen LogP contribution is -2.29. The summed E-state index contributed by atoms with van der Waals surface area (Å²) in [6.07, 6.45) is 8.76. The minimum atomic E-state index is -0.0958. The van der Waals surface area contributed by atoms with E-state index >= 15 is 0 Å². The Morgan fingerprint density at radius 3 is 2.00 bits per heavy atom. The van der Waals surface area contributed by atoms with Crippen LogP contribution in [0.25, 0.3) is 0 Å². The third kappa shape index (κ3) is 11.9. The third-order valence-corrected chi connectivity index (χ3v) is 2.35. The zero-order valence-electron chi connectivity index (χ0n) is 9.60. The second-order valence-corrected chi connectivity index (χ2v) is 3.97. The van der Waals surface area contributed by atoms with Crippen molar-refractivity contribution in [3.63, 3.8) is 0 Å². The van der Waals surface area contributed by atoms with E-state index < -0.39 is 0 Å². The molecule has 0 aromatic rings. The molecule has 0 aromatic carbocycles. The fourth-order valence-corrected chi connectivity index (χ4v) is 1.43.